The first-order valence-electron chi connectivity index (χ1n) is 13.3. The van der Waals surface area contributed by atoms with Gasteiger partial charge in [0, 0.05) is 44.3 Å². The fourth-order valence-corrected chi connectivity index (χ4v) is 4.71. The van der Waals surface area contributed by atoms with Gasteiger partial charge in [0.2, 0.25) is 0 Å². The molecule has 3 aliphatic rings. The van der Waals surface area contributed by atoms with Gasteiger partial charge in [-0.2, -0.15) is 0 Å². The molecule has 0 aromatic heterocycles. The van der Waals surface area contributed by atoms with E-state index in [0.717, 1.165) is 38.9 Å². The van der Waals surface area contributed by atoms with E-state index in [-0.39, 0.29) is 25.7 Å². The van der Waals surface area contributed by atoms with Gasteiger partial charge in [-0.15, -0.1) is 0 Å². The molecule has 8 heteroatoms. The summed E-state index contributed by atoms with van der Waals surface area (Å²) in [6, 6.07) is 1.21. The maximum absolute atomic E-state index is 12.1. The Kier molecular flexibility index (Phi) is 12.8. The minimum Gasteiger partial charge on any atom is -0.444 e. The van der Waals surface area contributed by atoms with Crippen molar-refractivity contribution in [3.05, 3.63) is 0 Å². The second kappa shape index (κ2) is 14.3. The molecule has 2 heterocycles. The summed E-state index contributed by atoms with van der Waals surface area (Å²) in [6.45, 7) is 14.4. The third kappa shape index (κ3) is 12.8. The Labute approximate surface area is 214 Å². The molecule has 0 aromatic rings. The normalized spacial score (nSPS) is 24.0. The fourth-order valence-electron chi connectivity index (χ4n) is 4.71. The Balaban J connectivity index is 0.000000362. The molecule has 1 saturated carbocycles. The van der Waals surface area contributed by atoms with Crippen LogP contribution >= 0.6 is 0 Å². The maximum Gasteiger partial charge on any atom is 0.410 e. The van der Waals surface area contributed by atoms with Crippen LogP contribution in [0.2, 0.25) is 0 Å². The molecule has 206 valence electrons. The van der Waals surface area contributed by atoms with E-state index < -0.39 is 11.2 Å². The molecule has 0 spiro atoms. The van der Waals surface area contributed by atoms with Crippen molar-refractivity contribution in [3.8, 4) is 0 Å². The molecular formula is C27H54N4O4. The van der Waals surface area contributed by atoms with Crippen molar-refractivity contribution < 1.29 is 19.1 Å². The quantitative estimate of drug-likeness (QED) is 0.537. The fraction of sp³-hybridized carbons (Fsp3) is 0.926. The highest BCUT2D eigenvalue weighted by Crippen LogP contribution is 2.21. The Hall–Kier alpha value is -1.54. The Morgan fingerprint density at radius 1 is 0.714 bits per heavy atom. The van der Waals surface area contributed by atoms with E-state index in [1.807, 2.05) is 46.4 Å². The number of hydrogen-bond acceptors (Lipinski definition) is 6. The zero-order valence-electron chi connectivity index (χ0n) is 22.5. The van der Waals surface area contributed by atoms with Crippen molar-refractivity contribution in [1.82, 2.24) is 15.1 Å². The van der Waals surface area contributed by atoms with Crippen LogP contribution in [0.3, 0.4) is 0 Å². The summed E-state index contributed by atoms with van der Waals surface area (Å²) < 4.78 is 10.7. The molecule has 0 aromatic carbocycles. The van der Waals surface area contributed by atoms with Gasteiger partial charge >= 0.3 is 12.2 Å². The highest BCUT2D eigenvalue weighted by atomic mass is 16.6. The molecule has 1 aliphatic carbocycles. The number of nitrogens with zero attached hydrogens (tertiary/aromatic N) is 2. The van der Waals surface area contributed by atoms with Gasteiger partial charge in [0.1, 0.15) is 11.2 Å². The molecule has 0 unspecified atom stereocenters. The lowest BCUT2D eigenvalue weighted by atomic mass is 9.94. The highest BCUT2D eigenvalue weighted by Gasteiger charge is 2.29. The molecule has 2 amide bonds. The van der Waals surface area contributed by atoms with E-state index in [1.54, 1.807) is 4.90 Å². The van der Waals surface area contributed by atoms with E-state index in [2.05, 4.69) is 5.32 Å². The summed E-state index contributed by atoms with van der Waals surface area (Å²) in [7, 11) is 0. The summed E-state index contributed by atoms with van der Waals surface area (Å²) >= 11 is 0. The zero-order chi connectivity index (χ0) is 25.4. The van der Waals surface area contributed by atoms with Crippen molar-refractivity contribution in [2.45, 2.75) is 136 Å². The molecule has 8 nitrogen and oxygen atoms in total. The summed E-state index contributed by atoms with van der Waals surface area (Å²) in [5.74, 6) is 0. The van der Waals surface area contributed by atoms with Crippen molar-refractivity contribution in [2.24, 2.45) is 5.73 Å². The lowest BCUT2D eigenvalue weighted by Gasteiger charge is -2.37. The molecule has 35 heavy (non-hydrogen) atoms. The Morgan fingerprint density at radius 3 is 1.66 bits per heavy atom. The summed E-state index contributed by atoms with van der Waals surface area (Å²) in [4.78, 5) is 27.3. The monoisotopic (exact) mass is 498 g/mol. The van der Waals surface area contributed by atoms with E-state index in [9.17, 15) is 9.59 Å². The lowest BCUT2D eigenvalue weighted by Crippen LogP contribution is -2.51. The van der Waals surface area contributed by atoms with Crippen molar-refractivity contribution in [3.63, 3.8) is 0 Å². The molecular weight excluding hydrogens is 444 g/mol. The van der Waals surface area contributed by atoms with Crippen LogP contribution in [0.1, 0.15) is 107 Å². The number of nitrogens with one attached hydrogen (secondary N) is 1. The number of amides is 2. The van der Waals surface area contributed by atoms with Crippen molar-refractivity contribution in [2.75, 3.05) is 26.2 Å². The van der Waals surface area contributed by atoms with Crippen LogP contribution < -0.4 is 11.1 Å². The summed E-state index contributed by atoms with van der Waals surface area (Å²) in [5.41, 5.74) is 4.96. The predicted molar refractivity (Wildman–Crippen MR) is 143 cm³/mol. The third-order valence-electron chi connectivity index (χ3n) is 6.26. The molecule has 3 rings (SSSR count). The second-order valence-electron chi connectivity index (χ2n) is 12.1. The summed E-state index contributed by atoms with van der Waals surface area (Å²) in [5, 5.41) is 3.76. The van der Waals surface area contributed by atoms with Gasteiger partial charge in [-0.1, -0.05) is 26.7 Å². The average molecular weight is 499 g/mol. The van der Waals surface area contributed by atoms with Crippen molar-refractivity contribution >= 4 is 12.2 Å². The molecule has 3 fully saturated rings. The zero-order valence-corrected chi connectivity index (χ0v) is 22.5. The van der Waals surface area contributed by atoms with E-state index in [0.29, 0.717) is 18.6 Å². The second-order valence-corrected chi connectivity index (χ2v) is 12.1. The first-order chi connectivity index (χ1) is 15.8. The van der Waals surface area contributed by atoms with Gasteiger partial charge < -0.3 is 30.3 Å². The Bertz CT molecular complexity index is 638. The molecule has 0 radical (unpaired) electrons. The van der Waals surface area contributed by atoms with Gasteiger partial charge in [-0.05, 0) is 80.1 Å². The molecule has 0 bridgehead atoms. The number of piperidine rings is 2. The van der Waals surface area contributed by atoms with E-state index >= 15 is 0 Å². The van der Waals surface area contributed by atoms with Crippen LogP contribution in [0, 0.1) is 0 Å². The van der Waals surface area contributed by atoms with Crippen LogP contribution in [-0.2, 0) is 9.47 Å². The van der Waals surface area contributed by atoms with Crippen LogP contribution in [0.15, 0.2) is 0 Å². The van der Waals surface area contributed by atoms with Crippen LogP contribution in [0.25, 0.3) is 0 Å². The topological polar surface area (TPSA) is 97.1 Å². The van der Waals surface area contributed by atoms with Gasteiger partial charge in [0.05, 0.1) is 0 Å². The van der Waals surface area contributed by atoms with Gasteiger partial charge in [0.15, 0.2) is 0 Å². The van der Waals surface area contributed by atoms with Gasteiger partial charge in [-0.3, -0.25) is 0 Å². The number of carbonyl (C=O) groups excluding carboxylic acids is 2. The number of likely N-dealkylation sites (tertiary alicyclic amines) is 2. The van der Waals surface area contributed by atoms with Gasteiger partial charge in [-0.25, -0.2) is 9.59 Å². The standard InChI is InChI=1S/C16H30N2O2.C10H20N2O2.CH4/c1-16(2,3)20-15(19)18-11-7-10-14(12-18)17-13-8-5-4-6-9-13;1-10(2,3)14-9(13)12-6-4-5-8(11)7-12;/h13-14,17H,4-12H2,1-3H3;8H,4-7,11H2,1-3H3;1H4/t14-;8-;/m11./s1. The van der Waals surface area contributed by atoms with Gasteiger partial charge in [0.25, 0.3) is 0 Å². The first-order valence-corrected chi connectivity index (χ1v) is 13.3. The molecule has 2 atom stereocenters. The van der Waals surface area contributed by atoms with Crippen molar-refractivity contribution in [1.29, 1.82) is 0 Å². The lowest BCUT2D eigenvalue weighted by molar-refractivity contribution is 0.0177. The van der Waals surface area contributed by atoms with Crippen LogP contribution in [0.4, 0.5) is 9.59 Å². The Morgan fingerprint density at radius 2 is 1.17 bits per heavy atom. The number of rotatable bonds is 2. The first kappa shape index (κ1) is 31.5. The third-order valence-corrected chi connectivity index (χ3v) is 6.26. The predicted octanol–water partition coefficient (Wildman–Crippen LogP) is 5.29. The smallest absolute Gasteiger partial charge is 0.410 e. The van der Waals surface area contributed by atoms with Crippen LogP contribution in [-0.4, -0.2) is 77.5 Å². The van der Waals surface area contributed by atoms with E-state index in [1.165, 1.54) is 38.5 Å². The van der Waals surface area contributed by atoms with E-state index in [4.69, 9.17) is 15.2 Å². The van der Waals surface area contributed by atoms with Crippen LogP contribution in [0.5, 0.6) is 0 Å². The SMILES string of the molecule is C.CC(C)(C)OC(=O)N1CCC[C@@H](N)C1.CC(C)(C)OC(=O)N1CCC[C@@H](NC2CCCCC2)C1. The minimum atomic E-state index is -0.418. The molecule has 2 aliphatic heterocycles. The number of carbonyl (C=O) groups is 2. The highest BCUT2D eigenvalue weighted by molar-refractivity contribution is 5.68. The number of hydrogen-bond donors (Lipinski definition) is 2. The molecule has 3 N–H and O–H groups in total. The minimum absolute atomic E-state index is 0. The largest absolute Gasteiger partial charge is 0.444 e. The maximum atomic E-state index is 12.1. The number of nitrogens with two attached hydrogens (primary N) is 1. The molecule has 2 saturated heterocycles. The number of ether oxygens (including phenoxy) is 2. The summed E-state index contributed by atoms with van der Waals surface area (Å²) in [6.07, 6.45) is 10.5. The average Bonchev–Trinajstić information content (AvgIpc) is 2.73.